The first-order valence-corrected chi connectivity index (χ1v) is 9.90. The van der Waals surface area contributed by atoms with E-state index in [2.05, 4.69) is 24.1 Å². The molecule has 0 unspecified atom stereocenters. The topological polar surface area (TPSA) is 76.2 Å². The molecule has 1 heterocycles. The van der Waals surface area contributed by atoms with Crippen LogP contribution in [-0.4, -0.2) is 22.2 Å². The lowest BCUT2D eigenvalue weighted by Crippen LogP contribution is -2.08. The van der Waals surface area contributed by atoms with Gasteiger partial charge in [0.2, 0.25) is 5.88 Å². The predicted octanol–water partition coefficient (Wildman–Crippen LogP) is 5.85. The molecule has 4 aromatic rings. The number of aromatic hydroxyl groups is 1. The first-order valence-electron chi connectivity index (χ1n) is 9.90. The quantitative estimate of drug-likeness (QED) is 0.412. The zero-order chi connectivity index (χ0) is 21.1. The molecule has 152 valence electrons. The molecule has 0 aliphatic rings. The number of ether oxygens (including phenoxy) is 1. The van der Waals surface area contributed by atoms with Crippen molar-refractivity contribution < 1.29 is 14.6 Å². The van der Waals surface area contributed by atoms with Gasteiger partial charge in [0.05, 0.1) is 5.52 Å². The third kappa shape index (κ3) is 3.89. The van der Waals surface area contributed by atoms with Crippen LogP contribution in [0.5, 0.6) is 11.6 Å². The molecular formula is C24H23N3O3. The van der Waals surface area contributed by atoms with E-state index in [-0.39, 0.29) is 12.5 Å². The van der Waals surface area contributed by atoms with Crippen molar-refractivity contribution in [1.29, 1.82) is 0 Å². The highest BCUT2D eigenvalue weighted by molar-refractivity contribution is 5.95. The molecule has 0 saturated carbocycles. The van der Waals surface area contributed by atoms with Crippen LogP contribution in [0.2, 0.25) is 0 Å². The number of nitrogens with zero attached hydrogens (tertiary/aromatic N) is 3. The van der Waals surface area contributed by atoms with Crippen molar-refractivity contribution in [1.82, 2.24) is 4.57 Å². The number of hydrogen-bond donors (Lipinski definition) is 1. The fraction of sp³-hybridized carbons (Fsp3) is 0.208. The van der Waals surface area contributed by atoms with Gasteiger partial charge in [0.25, 0.3) is 0 Å². The summed E-state index contributed by atoms with van der Waals surface area (Å²) in [5.41, 5.74) is 1.15. The highest BCUT2D eigenvalue weighted by atomic mass is 16.5. The first-order chi connectivity index (χ1) is 14.5. The average Bonchev–Trinajstić information content (AvgIpc) is 3.01. The number of carbonyl (C=O) groups is 1. The Kier molecular flexibility index (Phi) is 5.48. The van der Waals surface area contributed by atoms with Crippen LogP contribution in [0.1, 0.15) is 13.8 Å². The van der Waals surface area contributed by atoms with E-state index in [0.717, 1.165) is 21.7 Å². The summed E-state index contributed by atoms with van der Waals surface area (Å²) in [7, 11) is 0. The number of rotatable bonds is 6. The van der Waals surface area contributed by atoms with Gasteiger partial charge in [0, 0.05) is 17.3 Å². The van der Waals surface area contributed by atoms with Gasteiger partial charge in [-0.05, 0) is 23.4 Å². The molecule has 3 aromatic carbocycles. The zero-order valence-corrected chi connectivity index (χ0v) is 16.9. The second-order valence-corrected chi connectivity index (χ2v) is 7.55. The van der Waals surface area contributed by atoms with E-state index in [4.69, 9.17) is 4.74 Å². The van der Waals surface area contributed by atoms with E-state index in [1.165, 1.54) is 0 Å². The van der Waals surface area contributed by atoms with E-state index in [1.54, 1.807) is 4.57 Å². The Balaban J connectivity index is 1.54. The van der Waals surface area contributed by atoms with Crippen LogP contribution in [0.3, 0.4) is 0 Å². The molecule has 0 aliphatic heterocycles. The lowest BCUT2D eigenvalue weighted by Gasteiger charge is -2.09. The summed E-state index contributed by atoms with van der Waals surface area (Å²) in [6, 6.07) is 21.0. The average molecular weight is 401 g/mol. The number of azo groups is 1. The molecule has 0 aliphatic carbocycles. The number of amides is 1. The van der Waals surface area contributed by atoms with Crippen LogP contribution in [0.25, 0.3) is 21.7 Å². The molecule has 6 nitrogen and oxygen atoms in total. The van der Waals surface area contributed by atoms with Crippen molar-refractivity contribution >= 4 is 33.3 Å². The van der Waals surface area contributed by atoms with Crippen LogP contribution in [0, 0.1) is 5.92 Å². The number of benzene rings is 3. The van der Waals surface area contributed by atoms with Crippen LogP contribution < -0.4 is 4.74 Å². The molecule has 1 N–H and O–H groups in total. The molecule has 0 radical (unpaired) electrons. The maximum Gasteiger partial charge on any atom is 0.302 e. The zero-order valence-electron chi connectivity index (χ0n) is 16.9. The van der Waals surface area contributed by atoms with Crippen molar-refractivity contribution in [2.45, 2.75) is 20.4 Å². The maximum atomic E-state index is 12.3. The number of carbonyl (C=O) groups excluding carboxylic acids is 1. The Bertz CT molecular complexity index is 1240. The van der Waals surface area contributed by atoms with Gasteiger partial charge in [0.15, 0.2) is 12.3 Å². The molecule has 1 amide bonds. The lowest BCUT2D eigenvalue weighted by molar-refractivity contribution is -0.120. The summed E-state index contributed by atoms with van der Waals surface area (Å²) in [6.45, 7) is 4.55. The summed E-state index contributed by atoms with van der Waals surface area (Å²) in [4.78, 5) is 12.3. The number of fused-ring (bicyclic) bond motifs is 2. The summed E-state index contributed by atoms with van der Waals surface area (Å²) >= 11 is 0. The molecule has 0 atom stereocenters. The van der Waals surface area contributed by atoms with Crippen LogP contribution in [-0.2, 0) is 11.3 Å². The first kappa shape index (κ1) is 19.6. The fourth-order valence-electron chi connectivity index (χ4n) is 3.52. The minimum Gasteiger partial charge on any atom is -0.493 e. The molecule has 0 spiro atoms. The van der Waals surface area contributed by atoms with Crippen LogP contribution >= 0.6 is 0 Å². The van der Waals surface area contributed by atoms with Gasteiger partial charge in [-0.25, -0.2) is 0 Å². The monoisotopic (exact) mass is 401 g/mol. The van der Waals surface area contributed by atoms with Gasteiger partial charge in [-0.3, -0.25) is 4.79 Å². The highest BCUT2D eigenvalue weighted by Crippen LogP contribution is 2.39. The summed E-state index contributed by atoms with van der Waals surface area (Å²) < 4.78 is 7.47. The molecule has 30 heavy (non-hydrogen) atoms. The molecule has 1 aromatic heterocycles. The third-order valence-electron chi connectivity index (χ3n) is 4.83. The second kappa shape index (κ2) is 8.37. The molecule has 6 heteroatoms. The second-order valence-electron chi connectivity index (χ2n) is 7.55. The van der Waals surface area contributed by atoms with Gasteiger partial charge in [0.1, 0.15) is 5.75 Å². The lowest BCUT2D eigenvalue weighted by atomic mass is 10.1. The van der Waals surface area contributed by atoms with Gasteiger partial charge < -0.3 is 14.4 Å². The summed E-state index contributed by atoms with van der Waals surface area (Å²) in [5, 5.41) is 21.2. The number of aromatic nitrogens is 1. The van der Waals surface area contributed by atoms with E-state index in [0.29, 0.717) is 23.9 Å². The Morgan fingerprint density at radius 1 is 1.00 bits per heavy atom. The van der Waals surface area contributed by atoms with E-state index >= 15 is 0 Å². The largest absolute Gasteiger partial charge is 0.493 e. The molecular weight excluding hydrogens is 378 g/mol. The van der Waals surface area contributed by atoms with E-state index in [9.17, 15) is 9.90 Å². The minimum atomic E-state index is -0.525. The molecule has 4 rings (SSSR count). The van der Waals surface area contributed by atoms with Crippen molar-refractivity contribution in [3.05, 3.63) is 66.7 Å². The van der Waals surface area contributed by atoms with E-state index in [1.807, 2.05) is 66.7 Å². The van der Waals surface area contributed by atoms with Gasteiger partial charge >= 0.3 is 5.91 Å². The molecule has 0 saturated heterocycles. The van der Waals surface area contributed by atoms with Crippen molar-refractivity contribution in [2.75, 3.05) is 6.61 Å². The standard InChI is InChI=1S/C24H23N3O3/c1-16(2)14-27-20-12-6-5-11-19(20)23(24(27)29)26-25-22(28)15-30-21-13-7-9-17-8-3-4-10-18(17)21/h3-13,16,29H,14-15H2,1-2H3. The van der Waals surface area contributed by atoms with Crippen molar-refractivity contribution in [2.24, 2.45) is 16.1 Å². The highest BCUT2D eigenvalue weighted by Gasteiger charge is 2.17. The van der Waals surface area contributed by atoms with Gasteiger partial charge in [-0.15, -0.1) is 10.2 Å². The molecule has 0 fully saturated rings. The van der Waals surface area contributed by atoms with Crippen molar-refractivity contribution in [3.8, 4) is 11.6 Å². The SMILES string of the molecule is CC(C)Cn1c(O)c(N=NC(=O)COc2cccc3ccccc23)c2ccccc21. The third-order valence-corrected chi connectivity index (χ3v) is 4.83. The van der Waals surface area contributed by atoms with Gasteiger partial charge in [-0.2, -0.15) is 0 Å². The fourth-order valence-corrected chi connectivity index (χ4v) is 3.52. The maximum absolute atomic E-state index is 12.3. The van der Waals surface area contributed by atoms with Gasteiger partial charge in [-0.1, -0.05) is 68.4 Å². The van der Waals surface area contributed by atoms with Crippen molar-refractivity contribution in [3.63, 3.8) is 0 Å². The van der Waals surface area contributed by atoms with E-state index < -0.39 is 5.91 Å². The normalized spacial score (nSPS) is 11.7. The Morgan fingerprint density at radius 2 is 1.70 bits per heavy atom. The van der Waals surface area contributed by atoms with Crippen LogP contribution in [0.15, 0.2) is 77.0 Å². The molecule has 0 bridgehead atoms. The summed E-state index contributed by atoms with van der Waals surface area (Å²) in [6.07, 6.45) is 0. The Morgan fingerprint density at radius 3 is 2.50 bits per heavy atom. The summed E-state index contributed by atoms with van der Waals surface area (Å²) in [5.74, 6) is 0.444. The number of para-hydroxylation sites is 1. The minimum absolute atomic E-state index is 0.0106. The Labute approximate surface area is 174 Å². The predicted molar refractivity (Wildman–Crippen MR) is 117 cm³/mol. The number of hydrogen-bond acceptors (Lipinski definition) is 4. The Hall–Kier alpha value is -3.67. The van der Waals surface area contributed by atoms with Crippen LogP contribution in [0.4, 0.5) is 5.69 Å². The smallest absolute Gasteiger partial charge is 0.302 e.